The second-order valence-corrected chi connectivity index (χ2v) is 5.96. The zero-order chi connectivity index (χ0) is 10.6. The molecule has 0 heterocycles. The molecule has 1 unspecified atom stereocenters. The fourth-order valence-electron chi connectivity index (χ4n) is 0.973. The number of hydrogen-bond donors (Lipinski definition) is 0. The molecule has 1 atom stereocenters. The van der Waals surface area contributed by atoms with Gasteiger partial charge in [-0.1, -0.05) is 34.1 Å². The molecule has 0 saturated carbocycles. The third kappa shape index (κ3) is 2.92. The van der Waals surface area contributed by atoms with Crippen molar-refractivity contribution in [2.24, 2.45) is 0 Å². The number of rotatable bonds is 4. The summed E-state index contributed by atoms with van der Waals surface area (Å²) >= 11 is 2.96. The molecule has 0 bridgehead atoms. The van der Waals surface area contributed by atoms with Crippen LogP contribution in [0.25, 0.3) is 0 Å². The molecule has 0 aliphatic carbocycles. The lowest BCUT2D eigenvalue weighted by molar-refractivity contribution is -0.107. The van der Waals surface area contributed by atoms with Gasteiger partial charge >= 0.3 is 0 Å². The van der Waals surface area contributed by atoms with Crippen molar-refractivity contribution in [3.8, 4) is 0 Å². The van der Waals surface area contributed by atoms with E-state index in [1.54, 1.807) is 18.2 Å². The summed E-state index contributed by atoms with van der Waals surface area (Å²) in [5.74, 6) is -0.208. The highest BCUT2D eigenvalue weighted by Gasteiger charge is 2.18. The molecule has 76 valence electrons. The number of benzene rings is 1. The predicted octanol–water partition coefficient (Wildman–Crippen LogP) is 1.42. The highest BCUT2D eigenvalue weighted by Crippen LogP contribution is 2.13. The molecule has 1 rings (SSSR count). The van der Waals surface area contributed by atoms with Gasteiger partial charge < -0.3 is 4.79 Å². The highest BCUT2D eigenvalue weighted by atomic mass is 79.9. The van der Waals surface area contributed by atoms with Gasteiger partial charge in [-0.15, -0.1) is 0 Å². The van der Waals surface area contributed by atoms with Crippen LogP contribution in [0.3, 0.4) is 0 Å². The van der Waals surface area contributed by atoms with Gasteiger partial charge in [0.1, 0.15) is 6.29 Å². The first-order valence-electron chi connectivity index (χ1n) is 3.93. The Balaban J connectivity index is 2.92. The van der Waals surface area contributed by atoms with Crippen LogP contribution in [0.1, 0.15) is 0 Å². The minimum absolute atomic E-state index is 0.208. The van der Waals surface area contributed by atoms with Gasteiger partial charge in [0.25, 0.3) is 0 Å². The van der Waals surface area contributed by atoms with Crippen LogP contribution in [0.4, 0.5) is 0 Å². The SMILES string of the molecule is O=CC(Br)CS(=O)(=O)c1ccccc1. The van der Waals surface area contributed by atoms with E-state index >= 15 is 0 Å². The van der Waals surface area contributed by atoms with E-state index in [9.17, 15) is 13.2 Å². The molecule has 0 radical (unpaired) electrons. The van der Waals surface area contributed by atoms with Crippen molar-refractivity contribution in [1.82, 2.24) is 0 Å². The van der Waals surface area contributed by atoms with Crippen LogP contribution in [-0.2, 0) is 14.6 Å². The average Bonchev–Trinajstić information content (AvgIpc) is 2.18. The summed E-state index contributed by atoms with van der Waals surface area (Å²) in [6, 6.07) is 8.07. The molecule has 0 N–H and O–H groups in total. The van der Waals surface area contributed by atoms with E-state index in [4.69, 9.17) is 0 Å². The van der Waals surface area contributed by atoms with E-state index in [1.807, 2.05) is 0 Å². The van der Waals surface area contributed by atoms with Crippen LogP contribution in [-0.4, -0.2) is 25.3 Å². The summed E-state index contributed by atoms with van der Waals surface area (Å²) in [5, 5.41) is 0. The van der Waals surface area contributed by atoms with Crippen molar-refractivity contribution in [1.29, 1.82) is 0 Å². The molecule has 5 heteroatoms. The predicted molar refractivity (Wildman–Crippen MR) is 57.3 cm³/mol. The van der Waals surface area contributed by atoms with Gasteiger partial charge in [-0.2, -0.15) is 0 Å². The maximum absolute atomic E-state index is 11.6. The maximum atomic E-state index is 11.6. The molecule has 3 nitrogen and oxygen atoms in total. The van der Waals surface area contributed by atoms with Gasteiger partial charge in [0, 0.05) is 0 Å². The number of hydrogen-bond acceptors (Lipinski definition) is 3. The highest BCUT2D eigenvalue weighted by molar-refractivity contribution is 9.10. The van der Waals surface area contributed by atoms with E-state index in [1.165, 1.54) is 12.1 Å². The van der Waals surface area contributed by atoms with Crippen LogP contribution in [0.15, 0.2) is 35.2 Å². The van der Waals surface area contributed by atoms with E-state index in [-0.39, 0.29) is 10.6 Å². The monoisotopic (exact) mass is 276 g/mol. The smallest absolute Gasteiger partial charge is 0.179 e. The molecule has 0 aromatic heterocycles. The molecule has 0 fully saturated rings. The summed E-state index contributed by atoms with van der Waals surface area (Å²) in [4.78, 5) is 9.90. The Morgan fingerprint density at radius 2 is 1.86 bits per heavy atom. The minimum Gasteiger partial charge on any atom is -0.302 e. The van der Waals surface area contributed by atoms with Crippen LogP contribution in [0.2, 0.25) is 0 Å². The van der Waals surface area contributed by atoms with Crippen LogP contribution in [0, 0.1) is 0 Å². The van der Waals surface area contributed by atoms with Crippen molar-refractivity contribution in [2.75, 3.05) is 5.75 Å². The Morgan fingerprint density at radius 1 is 1.29 bits per heavy atom. The minimum atomic E-state index is -3.35. The largest absolute Gasteiger partial charge is 0.302 e. The first-order chi connectivity index (χ1) is 6.56. The summed E-state index contributed by atoms with van der Waals surface area (Å²) in [5.41, 5.74) is 0. The zero-order valence-electron chi connectivity index (χ0n) is 7.26. The lowest BCUT2D eigenvalue weighted by atomic mass is 10.4. The maximum Gasteiger partial charge on any atom is 0.179 e. The second-order valence-electron chi connectivity index (χ2n) is 2.75. The molecule has 0 amide bonds. The van der Waals surface area contributed by atoms with Crippen molar-refractivity contribution in [2.45, 2.75) is 9.72 Å². The normalized spacial score (nSPS) is 13.5. The van der Waals surface area contributed by atoms with E-state index < -0.39 is 14.7 Å². The van der Waals surface area contributed by atoms with E-state index in [2.05, 4.69) is 15.9 Å². The van der Waals surface area contributed by atoms with Crippen LogP contribution in [0.5, 0.6) is 0 Å². The molecule has 0 aliphatic heterocycles. The number of halogens is 1. The number of sulfone groups is 1. The third-order valence-corrected chi connectivity index (χ3v) is 4.39. The summed E-state index contributed by atoms with van der Waals surface area (Å²) in [7, 11) is -3.35. The van der Waals surface area contributed by atoms with Crippen molar-refractivity contribution < 1.29 is 13.2 Å². The summed E-state index contributed by atoms with van der Waals surface area (Å²) < 4.78 is 23.2. The van der Waals surface area contributed by atoms with Crippen LogP contribution < -0.4 is 0 Å². The molecule has 1 aromatic carbocycles. The third-order valence-electron chi connectivity index (χ3n) is 1.63. The molecular weight excluding hydrogens is 268 g/mol. The van der Waals surface area contributed by atoms with Gasteiger partial charge in [-0.3, -0.25) is 0 Å². The van der Waals surface area contributed by atoms with Gasteiger partial charge in [-0.05, 0) is 12.1 Å². The fraction of sp³-hybridized carbons (Fsp3) is 0.222. The Bertz CT molecular complexity index is 399. The molecule has 14 heavy (non-hydrogen) atoms. The van der Waals surface area contributed by atoms with E-state index in [0.717, 1.165) is 0 Å². The zero-order valence-corrected chi connectivity index (χ0v) is 9.66. The second kappa shape index (κ2) is 4.70. The number of aldehydes is 1. The molecule has 0 spiro atoms. The summed E-state index contributed by atoms with van der Waals surface area (Å²) in [6.45, 7) is 0. The molecule has 1 aromatic rings. The van der Waals surface area contributed by atoms with Crippen LogP contribution >= 0.6 is 15.9 Å². The van der Waals surface area contributed by atoms with Crippen molar-refractivity contribution in [3.05, 3.63) is 30.3 Å². The molecule has 0 aliphatic rings. The van der Waals surface area contributed by atoms with Gasteiger partial charge in [-0.25, -0.2) is 8.42 Å². The number of carbonyl (C=O) groups excluding carboxylic acids is 1. The van der Waals surface area contributed by atoms with E-state index in [0.29, 0.717) is 6.29 Å². The lowest BCUT2D eigenvalue weighted by Crippen LogP contribution is -2.16. The number of alkyl halides is 1. The fourth-order valence-corrected chi connectivity index (χ4v) is 3.28. The van der Waals surface area contributed by atoms with Crippen molar-refractivity contribution >= 4 is 32.1 Å². The van der Waals surface area contributed by atoms with Gasteiger partial charge in [0.15, 0.2) is 9.84 Å². The summed E-state index contributed by atoms with van der Waals surface area (Å²) in [6.07, 6.45) is 0.570. The first kappa shape index (κ1) is 11.4. The topological polar surface area (TPSA) is 51.2 Å². The Morgan fingerprint density at radius 3 is 2.36 bits per heavy atom. The molecule has 0 saturated heterocycles. The molecular formula is C9H9BrO3S. The number of carbonyl (C=O) groups is 1. The lowest BCUT2D eigenvalue weighted by Gasteiger charge is -2.04. The van der Waals surface area contributed by atoms with Crippen molar-refractivity contribution in [3.63, 3.8) is 0 Å². The average molecular weight is 277 g/mol. The first-order valence-corrected chi connectivity index (χ1v) is 6.50. The Kier molecular flexibility index (Phi) is 3.83. The Hall–Kier alpha value is -0.680. The Labute approximate surface area is 91.2 Å². The standard InChI is InChI=1S/C9H9BrO3S/c10-8(6-11)7-14(12,13)9-4-2-1-3-5-9/h1-6,8H,7H2. The van der Waals surface area contributed by atoms with Gasteiger partial charge in [0.2, 0.25) is 0 Å². The van der Waals surface area contributed by atoms with Gasteiger partial charge in [0.05, 0.1) is 15.5 Å². The quantitative estimate of drug-likeness (QED) is 0.618.